The van der Waals surface area contributed by atoms with Crippen LogP contribution in [0.3, 0.4) is 0 Å². The number of nitrogens with zero attached hydrogens (tertiary/aromatic N) is 1. The Morgan fingerprint density at radius 2 is 2.39 bits per heavy atom. The number of rotatable bonds is 2. The van der Waals surface area contributed by atoms with Gasteiger partial charge in [-0.05, 0) is 18.6 Å². The summed E-state index contributed by atoms with van der Waals surface area (Å²) >= 11 is 0. The van der Waals surface area contributed by atoms with E-state index in [4.69, 9.17) is 10.5 Å². The van der Waals surface area contributed by atoms with E-state index in [1.54, 1.807) is 30.0 Å². The van der Waals surface area contributed by atoms with Gasteiger partial charge in [0.15, 0.2) is 0 Å². The predicted octanol–water partition coefficient (Wildman–Crippen LogP) is 0.500. The predicted molar refractivity (Wildman–Crippen MR) is 67.5 cm³/mol. The number of nitrogens with two attached hydrogens (primary N) is 1. The molecule has 1 heterocycles. The van der Waals surface area contributed by atoms with Crippen molar-refractivity contribution in [2.24, 2.45) is 5.73 Å². The molecule has 98 valence electrons. The lowest BCUT2D eigenvalue weighted by atomic mass is 10.1. The Balaban J connectivity index is 2.18. The van der Waals surface area contributed by atoms with Gasteiger partial charge in [-0.2, -0.15) is 0 Å². The molecule has 1 fully saturated rings. The number of phenolic OH excluding ortho intramolecular Hbond substituents is 1. The van der Waals surface area contributed by atoms with Gasteiger partial charge < -0.3 is 20.5 Å². The third-order valence-corrected chi connectivity index (χ3v) is 3.16. The second-order valence-electron chi connectivity index (χ2n) is 4.45. The van der Waals surface area contributed by atoms with Crippen molar-refractivity contribution in [3.63, 3.8) is 0 Å². The van der Waals surface area contributed by atoms with Gasteiger partial charge in [0.1, 0.15) is 5.75 Å². The second-order valence-corrected chi connectivity index (χ2v) is 4.45. The molecule has 2 rings (SSSR count). The fourth-order valence-electron chi connectivity index (χ4n) is 2.05. The number of amides is 1. The lowest BCUT2D eigenvalue weighted by molar-refractivity contribution is -0.0168. The zero-order valence-corrected chi connectivity index (χ0v) is 10.4. The molecule has 0 spiro atoms. The van der Waals surface area contributed by atoms with Crippen molar-refractivity contribution in [2.75, 3.05) is 26.2 Å². The van der Waals surface area contributed by atoms with E-state index in [0.29, 0.717) is 37.4 Å². The summed E-state index contributed by atoms with van der Waals surface area (Å²) in [6.07, 6.45) is -0.116. The van der Waals surface area contributed by atoms with Crippen molar-refractivity contribution in [3.05, 3.63) is 29.3 Å². The number of aromatic hydroxyl groups is 1. The SMILES string of the molecule is Cc1cccc(C(=O)N2CCOC(CN)C2)c1O. The van der Waals surface area contributed by atoms with Crippen molar-refractivity contribution >= 4 is 5.91 Å². The van der Waals surface area contributed by atoms with E-state index in [0.717, 1.165) is 0 Å². The molecule has 1 aliphatic rings. The molecule has 1 atom stereocenters. The molecule has 3 N–H and O–H groups in total. The number of ether oxygens (including phenoxy) is 1. The number of para-hydroxylation sites is 1. The van der Waals surface area contributed by atoms with Crippen LogP contribution in [-0.4, -0.2) is 48.3 Å². The van der Waals surface area contributed by atoms with E-state index in [2.05, 4.69) is 0 Å². The molecule has 0 aliphatic carbocycles. The van der Waals surface area contributed by atoms with E-state index in [1.807, 2.05) is 0 Å². The standard InChI is InChI=1S/C13H18N2O3/c1-9-3-2-4-11(12(9)16)13(17)15-5-6-18-10(7-14)8-15/h2-4,10,16H,5-8,14H2,1H3. The van der Waals surface area contributed by atoms with Gasteiger partial charge in [0.05, 0.1) is 18.3 Å². The van der Waals surface area contributed by atoms with Gasteiger partial charge in [-0.1, -0.05) is 12.1 Å². The van der Waals surface area contributed by atoms with Crippen LogP contribution in [0.2, 0.25) is 0 Å². The first kappa shape index (κ1) is 12.9. The van der Waals surface area contributed by atoms with Gasteiger partial charge in [0.25, 0.3) is 5.91 Å². The quantitative estimate of drug-likeness (QED) is 0.801. The summed E-state index contributed by atoms with van der Waals surface area (Å²) in [5.41, 5.74) is 6.58. The summed E-state index contributed by atoms with van der Waals surface area (Å²) < 4.78 is 5.42. The summed E-state index contributed by atoms with van der Waals surface area (Å²) in [6, 6.07) is 5.18. The summed E-state index contributed by atoms with van der Waals surface area (Å²) in [5, 5.41) is 9.92. The average Bonchev–Trinajstić information content (AvgIpc) is 2.41. The van der Waals surface area contributed by atoms with Crippen molar-refractivity contribution in [1.82, 2.24) is 4.90 Å². The summed E-state index contributed by atoms with van der Waals surface area (Å²) in [5.74, 6) is -0.115. The van der Waals surface area contributed by atoms with Crippen molar-refractivity contribution < 1.29 is 14.6 Å². The molecular weight excluding hydrogens is 232 g/mol. The summed E-state index contributed by atoms with van der Waals surface area (Å²) in [7, 11) is 0. The number of benzene rings is 1. The van der Waals surface area contributed by atoms with Crippen LogP contribution in [0.15, 0.2) is 18.2 Å². The maximum absolute atomic E-state index is 12.3. The van der Waals surface area contributed by atoms with E-state index in [1.165, 1.54) is 0 Å². The molecule has 1 aliphatic heterocycles. The largest absolute Gasteiger partial charge is 0.507 e. The summed E-state index contributed by atoms with van der Waals surface area (Å²) in [4.78, 5) is 14.0. The molecule has 5 heteroatoms. The molecule has 1 saturated heterocycles. The number of morpholine rings is 1. The van der Waals surface area contributed by atoms with Gasteiger partial charge in [-0.25, -0.2) is 0 Å². The van der Waals surface area contributed by atoms with Crippen LogP contribution in [-0.2, 0) is 4.74 Å². The molecule has 0 bridgehead atoms. The Bertz CT molecular complexity index is 448. The van der Waals surface area contributed by atoms with E-state index < -0.39 is 0 Å². The molecule has 1 aromatic rings. The second kappa shape index (κ2) is 5.37. The van der Waals surface area contributed by atoms with Crippen molar-refractivity contribution in [2.45, 2.75) is 13.0 Å². The lowest BCUT2D eigenvalue weighted by Gasteiger charge is -2.32. The monoisotopic (exact) mass is 250 g/mol. The third-order valence-electron chi connectivity index (χ3n) is 3.16. The maximum atomic E-state index is 12.3. The van der Waals surface area contributed by atoms with Gasteiger partial charge in [-0.3, -0.25) is 4.79 Å². The summed E-state index contributed by atoms with van der Waals surface area (Å²) in [6.45, 7) is 3.66. The van der Waals surface area contributed by atoms with Crippen LogP contribution in [0, 0.1) is 6.92 Å². The number of phenols is 1. The van der Waals surface area contributed by atoms with Gasteiger partial charge in [0, 0.05) is 19.6 Å². The van der Waals surface area contributed by atoms with Gasteiger partial charge >= 0.3 is 0 Å². The minimum absolute atomic E-state index is 0.0540. The normalized spacial score (nSPS) is 19.9. The number of aryl methyl sites for hydroxylation is 1. The van der Waals surface area contributed by atoms with Crippen LogP contribution >= 0.6 is 0 Å². The Morgan fingerprint density at radius 3 is 3.11 bits per heavy atom. The highest BCUT2D eigenvalue weighted by Crippen LogP contribution is 2.23. The molecule has 1 amide bonds. The molecule has 1 unspecified atom stereocenters. The molecule has 18 heavy (non-hydrogen) atoms. The number of hydrogen-bond donors (Lipinski definition) is 2. The number of carbonyl (C=O) groups excluding carboxylic acids is 1. The fraction of sp³-hybridized carbons (Fsp3) is 0.462. The van der Waals surface area contributed by atoms with E-state index in [-0.39, 0.29) is 17.8 Å². The molecule has 0 radical (unpaired) electrons. The fourth-order valence-corrected chi connectivity index (χ4v) is 2.05. The highest BCUT2D eigenvalue weighted by molar-refractivity contribution is 5.97. The van der Waals surface area contributed by atoms with Crippen LogP contribution in [0.4, 0.5) is 0 Å². The number of hydrogen-bond acceptors (Lipinski definition) is 4. The smallest absolute Gasteiger partial charge is 0.257 e. The van der Waals surface area contributed by atoms with Crippen LogP contribution < -0.4 is 5.73 Å². The Kier molecular flexibility index (Phi) is 3.84. The van der Waals surface area contributed by atoms with Crippen LogP contribution in [0.25, 0.3) is 0 Å². The molecule has 1 aromatic carbocycles. The van der Waals surface area contributed by atoms with Gasteiger partial charge in [-0.15, -0.1) is 0 Å². The maximum Gasteiger partial charge on any atom is 0.257 e. The van der Waals surface area contributed by atoms with Crippen molar-refractivity contribution in [1.29, 1.82) is 0 Å². The van der Waals surface area contributed by atoms with E-state index in [9.17, 15) is 9.90 Å². The molecular formula is C13H18N2O3. The Morgan fingerprint density at radius 1 is 1.61 bits per heavy atom. The minimum Gasteiger partial charge on any atom is -0.507 e. The van der Waals surface area contributed by atoms with E-state index >= 15 is 0 Å². The van der Waals surface area contributed by atoms with Crippen molar-refractivity contribution in [3.8, 4) is 5.75 Å². The van der Waals surface area contributed by atoms with Crippen LogP contribution in [0.1, 0.15) is 15.9 Å². The molecule has 0 aromatic heterocycles. The first-order valence-corrected chi connectivity index (χ1v) is 6.03. The average molecular weight is 250 g/mol. The third kappa shape index (κ3) is 2.47. The minimum atomic E-state index is -0.169. The highest BCUT2D eigenvalue weighted by atomic mass is 16.5. The zero-order valence-electron chi connectivity index (χ0n) is 10.4. The lowest BCUT2D eigenvalue weighted by Crippen LogP contribution is -2.48. The molecule has 5 nitrogen and oxygen atoms in total. The first-order chi connectivity index (χ1) is 8.63. The van der Waals surface area contributed by atoms with Gasteiger partial charge in [0.2, 0.25) is 0 Å². The Hall–Kier alpha value is -1.59. The zero-order chi connectivity index (χ0) is 13.1. The van der Waals surface area contributed by atoms with Crippen LogP contribution in [0.5, 0.6) is 5.75 Å². The molecule has 0 saturated carbocycles. The number of carbonyl (C=O) groups is 1. The topological polar surface area (TPSA) is 75.8 Å². The first-order valence-electron chi connectivity index (χ1n) is 6.03. The highest BCUT2D eigenvalue weighted by Gasteiger charge is 2.25. The Labute approximate surface area is 106 Å².